The minimum absolute atomic E-state index is 0.592. The van der Waals surface area contributed by atoms with Crippen LogP contribution in [0.25, 0.3) is 11.2 Å². The van der Waals surface area contributed by atoms with Crippen LogP contribution in [-0.4, -0.2) is 39.6 Å². The van der Waals surface area contributed by atoms with Crippen LogP contribution < -0.4 is 5.73 Å². The first-order chi connectivity index (χ1) is 9.65. The number of nitrogens with zero attached hydrogens (tertiary/aromatic N) is 4. The Morgan fingerprint density at radius 3 is 2.85 bits per heavy atom. The van der Waals surface area contributed by atoms with Gasteiger partial charge in [0.15, 0.2) is 5.65 Å². The van der Waals surface area contributed by atoms with E-state index in [0.29, 0.717) is 5.95 Å². The smallest absolute Gasteiger partial charge is 0.202 e. The molecule has 0 bridgehead atoms. The fourth-order valence-electron chi connectivity index (χ4n) is 3.04. The van der Waals surface area contributed by atoms with Crippen LogP contribution in [0.2, 0.25) is 0 Å². The number of aromatic nitrogens is 3. The van der Waals surface area contributed by atoms with E-state index >= 15 is 0 Å². The van der Waals surface area contributed by atoms with Gasteiger partial charge in [0, 0.05) is 12.7 Å². The average Bonchev–Trinajstić information content (AvgIpc) is 2.76. The maximum Gasteiger partial charge on any atom is 0.202 e. The Morgan fingerprint density at radius 2 is 2.10 bits per heavy atom. The Kier molecular flexibility index (Phi) is 3.61. The van der Waals surface area contributed by atoms with Gasteiger partial charge in [0.2, 0.25) is 5.95 Å². The van der Waals surface area contributed by atoms with Crippen LogP contribution in [0.3, 0.4) is 0 Å². The van der Waals surface area contributed by atoms with Crippen molar-refractivity contribution in [1.82, 2.24) is 19.4 Å². The second-order valence-electron chi connectivity index (χ2n) is 5.96. The largest absolute Gasteiger partial charge is 0.369 e. The summed E-state index contributed by atoms with van der Waals surface area (Å²) in [5, 5.41) is 0. The van der Waals surface area contributed by atoms with Gasteiger partial charge in [-0.3, -0.25) is 4.57 Å². The molecule has 108 valence electrons. The van der Waals surface area contributed by atoms with Crippen molar-refractivity contribution in [3.8, 4) is 0 Å². The maximum absolute atomic E-state index is 6.06. The molecule has 1 aliphatic rings. The Balaban J connectivity index is 1.74. The number of fused-ring (bicyclic) bond motifs is 1. The molecule has 2 N–H and O–H groups in total. The molecule has 5 heteroatoms. The number of anilines is 1. The number of likely N-dealkylation sites (tertiary alicyclic amines) is 1. The van der Waals surface area contributed by atoms with E-state index in [-0.39, 0.29) is 0 Å². The molecule has 1 fully saturated rings. The summed E-state index contributed by atoms with van der Waals surface area (Å²) >= 11 is 0. The minimum atomic E-state index is 0.592. The fourth-order valence-corrected chi connectivity index (χ4v) is 3.04. The SMILES string of the molecule is Cc1ccnc2c1nc(N)n2CCC1CCN(C)CC1. The minimum Gasteiger partial charge on any atom is -0.369 e. The van der Waals surface area contributed by atoms with Crippen molar-refractivity contribution in [1.29, 1.82) is 0 Å². The number of imidazole rings is 1. The molecule has 0 saturated carbocycles. The van der Waals surface area contributed by atoms with Crippen molar-refractivity contribution >= 4 is 17.1 Å². The normalized spacial score (nSPS) is 17.9. The second-order valence-corrected chi connectivity index (χ2v) is 5.96. The van der Waals surface area contributed by atoms with Crippen molar-refractivity contribution in [2.24, 2.45) is 5.92 Å². The Morgan fingerprint density at radius 1 is 1.35 bits per heavy atom. The zero-order valence-corrected chi connectivity index (χ0v) is 12.3. The summed E-state index contributed by atoms with van der Waals surface area (Å²) in [5.41, 5.74) is 9.07. The molecule has 1 saturated heterocycles. The van der Waals surface area contributed by atoms with Crippen LogP contribution in [-0.2, 0) is 6.54 Å². The van der Waals surface area contributed by atoms with Crippen molar-refractivity contribution in [2.45, 2.75) is 32.7 Å². The molecule has 20 heavy (non-hydrogen) atoms. The van der Waals surface area contributed by atoms with E-state index in [0.717, 1.165) is 29.2 Å². The molecule has 2 aromatic heterocycles. The van der Waals surface area contributed by atoms with E-state index in [1.807, 2.05) is 12.3 Å². The molecule has 2 aromatic rings. The molecule has 0 amide bonds. The molecule has 0 atom stereocenters. The van der Waals surface area contributed by atoms with Crippen LogP contribution >= 0.6 is 0 Å². The number of hydrogen-bond acceptors (Lipinski definition) is 4. The van der Waals surface area contributed by atoms with E-state index in [2.05, 4.69) is 33.4 Å². The first-order valence-electron chi connectivity index (χ1n) is 7.41. The highest BCUT2D eigenvalue weighted by molar-refractivity contribution is 5.77. The van der Waals surface area contributed by atoms with E-state index < -0.39 is 0 Å². The molecule has 0 radical (unpaired) electrons. The van der Waals surface area contributed by atoms with Gasteiger partial charge in [-0.2, -0.15) is 0 Å². The van der Waals surface area contributed by atoms with Gasteiger partial charge in [-0.05, 0) is 63.9 Å². The van der Waals surface area contributed by atoms with Crippen molar-refractivity contribution in [3.05, 3.63) is 17.8 Å². The van der Waals surface area contributed by atoms with Crippen LogP contribution in [0.4, 0.5) is 5.95 Å². The van der Waals surface area contributed by atoms with Crippen LogP contribution in [0.15, 0.2) is 12.3 Å². The van der Waals surface area contributed by atoms with Gasteiger partial charge in [0.05, 0.1) is 0 Å². The van der Waals surface area contributed by atoms with Gasteiger partial charge in [-0.15, -0.1) is 0 Å². The molecule has 3 heterocycles. The molecule has 0 aliphatic carbocycles. The number of nitrogens with two attached hydrogens (primary N) is 1. The summed E-state index contributed by atoms with van der Waals surface area (Å²) in [7, 11) is 2.20. The summed E-state index contributed by atoms with van der Waals surface area (Å²) in [5.74, 6) is 1.39. The first kappa shape index (κ1) is 13.4. The number of rotatable bonds is 3. The molecular formula is C15H23N5. The van der Waals surface area contributed by atoms with Gasteiger partial charge in [-0.1, -0.05) is 0 Å². The Bertz CT molecular complexity index is 596. The van der Waals surface area contributed by atoms with Crippen molar-refractivity contribution in [2.75, 3.05) is 25.9 Å². The van der Waals surface area contributed by atoms with Gasteiger partial charge in [0.1, 0.15) is 5.52 Å². The topological polar surface area (TPSA) is 60.0 Å². The van der Waals surface area contributed by atoms with Gasteiger partial charge in [0.25, 0.3) is 0 Å². The average molecular weight is 273 g/mol. The zero-order chi connectivity index (χ0) is 14.1. The Hall–Kier alpha value is -1.62. The van der Waals surface area contributed by atoms with Gasteiger partial charge in [-0.25, -0.2) is 9.97 Å². The quantitative estimate of drug-likeness (QED) is 0.930. The van der Waals surface area contributed by atoms with Crippen molar-refractivity contribution in [3.63, 3.8) is 0 Å². The van der Waals surface area contributed by atoms with Crippen LogP contribution in [0.1, 0.15) is 24.8 Å². The van der Waals surface area contributed by atoms with Gasteiger partial charge < -0.3 is 10.6 Å². The predicted molar refractivity (Wildman–Crippen MR) is 81.5 cm³/mol. The maximum atomic E-state index is 6.06. The summed E-state index contributed by atoms with van der Waals surface area (Å²) in [6.45, 7) is 5.40. The summed E-state index contributed by atoms with van der Waals surface area (Å²) in [6, 6.07) is 1.98. The third-order valence-corrected chi connectivity index (χ3v) is 4.46. The highest BCUT2D eigenvalue weighted by atomic mass is 15.2. The van der Waals surface area contributed by atoms with Gasteiger partial charge >= 0.3 is 0 Å². The van der Waals surface area contributed by atoms with E-state index in [1.165, 1.54) is 32.4 Å². The van der Waals surface area contributed by atoms with Crippen LogP contribution in [0, 0.1) is 12.8 Å². The first-order valence-corrected chi connectivity index (χ1v) is 7.41. The summed E-state index contributed by atoms with van der Waals surface area (Å²) in [4.78, 5) is 11.3. The highest BCUT2D eigenvalue weighted by Gasteiger charge is 2.18. The predicted octanol–water partition coefficient (Wildman–Crippen LogP) is 2.05. The molecule has 0 aromatic carbocycles. The Labute approximate surface area is 119 Å². The number of hydrogen-bond donors (Lipinski definition) is 1. The molecule has 1 aliphatic heterocycles. The monoisotopic (exact) mass is 273 g/mol. The lowest BCUT2D eigenvalue weighted by molar-refractivity contribution is 0.208. The third kappa shape index (κ3) is 2.50. The molecular weight excluding hydrogens is 250 g/mol. The van der Waals surface area contributed by atoms with E-state index in [4.69, 9.17) is 5.73 Å². The molecule has 3 rings (SSSR count). The zero-order valence-electron chi connectivity index (χ0n) is 12.3. The molecule has 5 nitrogen and oxygen atoms in total. The standard InChI is InChI=1S/C15H23N5/c1-11-3-7-17-14-13(11)18-15(16)20(14)10-6-12-4-8-19(2)9-5-12/h3,7,12H,4-6,8-10H2,1-2H3,(H2,16,18). The van der Waals surface area contributed by atoms with Crippen molar-refractivity contribution < 1.29 is 0 Å². The summed E-state index contributed by atoms with van der Waals surface area (Å²) < 4.78 is 2.07. The molecule has 0 spiro atoms. The van der Waals surface area contributed by atoms with E-state index in [1.54, 1.807) is 0 Å². The third-order valence-electron chi connectivity index (χ3n) is 4.46. The highest BCUT2D eigenvalue weighted by Crippen LogP contribution is 2.23. The number of pyridine rings is 1. The van der Waals surface area contributed by atoms with Crippen LogP contribution in [0.5, 0.6) is 0 Å². The summed E-state index contributed by atoms with van der Waals surface area (Å²) in [6.07, 6.45) is 5.58. The fraction of sp³-hybridized carbons (Fsp3) is 0.600. The van der Waals surface area contributed by atoms with E-state index in [9.17, 15) is 0 Å². The lowest BCUT2D eigenvalue weighted by Gasteiger charge is -2.29. The number of aryl methyl sites for hydroxylation is 2. The lowest BCUT2D eigenvalue weighted by atomic mass is 9.94. The lowest BCUT2D eigenvalue weighted by Crippen LogP contribution is -2.30. The second kappa shape index (κ2) is 5.40. The number of nitrogen functional groups attached to an aromatic ring is 1. The number of piperidine rings is 1. The molecule has 0 unspecified atom stereocenters.